The molecule has 1 heterocycles. The van der Waals surface area contributed by atoms with Gasteiger partial charge < -0.3 is 9.67 Å². The van der Waals surface area contributed by atoms with Gasteiger partial charge in [-0.15, -0.1) is 0 Å². The Hall–Kier alpha value is -2.19. The highest BCUT2D eigenvalue weighted by molar-refractivity contribution is 7.89. The van der Waals surface area contributed by atoms with Crippen molar-refractivity contribution in [3.05, 3.63) is 47.9 Å². The number of sulfonamides is 1. The second-order valence-corrected chi connectivity index (χ2v) is 6.57. The summed E-state index contributed by atoms with van der Waals surface area (Å²) in [7, 11) is -2.23. The van der Waals surface area contributed by atoms with Gasteiger partial charge in [-0.1, -0.05) is 30.3 Å². The molecule has 0 saturated carbocycles. The third kappa shape index (κ3) is 3.34. The van der Waals surface area contributed by atoms with Gasteiger partial charge in [-0.25, -0.2) is 18.1 Å². The summed E-state index contributed by atoms with van der Waals surface area (Å²) in [5.41, 5.74) is 0.541. The highest BCUT2D eigenvalue weighted by atomic mass is 32.2. The minimum Gasteiger partial charge on any atom is -0.481 e. The van der Waals surface area contributed by atoms with Crippen LogP contribution in [-0.2, 0) is 21.9 Å². The highest BCUT2D eigenvalue weighted by Gasteiger charge is 2.25. The molecule has 0 aliphatic rings. The molecule has 2 aromatic rings. The van der Waals surface area contributed by atoms with Gasteiger partial charge in [0.1, 0.15) is 5.82 Å². The number of nitrogens with zero attached hydrogens (tertiary/aromatic N) is 2. The standard InChI is InChI=1S/C14H17N3O4S/c1-10-15-9-13(17(10)2)22(20,21)16-8-12(14(18)19)11-6-4-3-5-7-11/h3-7,9,12,16H,8H2,1-2H3,(H,18,19). The van der Waals surface area contributed by atoms with Crippen LogP contribution < -0.4 is 4.72 Å². The Kier molecular flexibility index (Phi) is 4.62. The van der Waals surface area contributed by atoms with Gasteiger partial charge >= 0.3 is 5.97 Å². The van der Waals surface area contributed by atoms with E-state index in [1.54, 1.807) is 44.3 Å². The maximum atomic E-state index is 12.3. The quantitative estimate of drug-likeness (QED) is 0.821. The molecule has 8 heteroatoms. The van der Waals surface area contributed by atoms with Gasteiger partial charge in [0.15, 0.2) is 5.03 Å². The minimum absolute atomic E-state index is 0.00204. The van der Waals surface area contributed by atoms with Gasteiger partial charge in [-0.3, -0.25) is 4.79 Å². The van der Waals surface area contributed by atoms with Crippen LogP contribution in [0.5, 0.6) is 0 Å². The number of hydrogen-bond acceptors (Lipinski definition) is 4. The number of aromatic nitrogens is 2. The zero-order valence-electron chi connectivity index (χ0n) is 12.2. The van der Waals surface area contributed by atoms with Gasteiger partial charge in [0.05, 0.1) is 12.1 Å². The molecule has 0 spiro atoms. The van der Waals surface area contributed by atoms with Crippen LogP contribution in [0.3, 0.4) is 0 Å². The van der Waals surface area contributed by atoms with Gasteiger partial charge in [0, 0.05) is 13.6 Å². The molecule has 1 atom stereocenters. The van der Waals surface area contributed by atoms with E-state index in [1.807, 2.05) is 0 Å². The Morgan fingerprint density at radius 1 is 1.36 bits per heavy atom. The van der Waals surface area contributed by atoms with Crippen molar-refractivity contribution in [3.63, 3.8) is 0 Å². The van der Waals surface area contributed by atoms with Crippen LogP contribution >= 0.6 is 0 Å². The predicted octanol–water partition coefficient (Wildman–Crippen LogP) is 0.875. The molecule has 1 aromatic heterocycles. The lowest BCUT2D eigenvalue weighted by Crippen LogP contribution is -2.32. The zero-order valence-corrected chi connectivity index (χ0v) is 13.0. The summed E-state index contributed by atoms with van der Waals surface area (Å²) in [5.74, 6) is -1.49. The molecule has 0 bridgehead atoms. The molecular formula is C14H17N3O4S. The van der Waals surface area contributed by atoms with E-state index in [1.165, 1.54) is 10.8 Å². The number of aryl methyl sites for hydroxylation is 1. The SMILES string of the molecule is Cc1ncc(S(=O)(=O)NCC(C(=O)O)c2ccccc2)n1C. The van der Waals surface area contributed by atoms with Crippen molar-refractivity contribution in [2.24, 2.45) is 7.05 Å². The first-order chi connectivity index (χ1) is 10.3. The first-order valence-corrected chi connectivity index (χ1v) is 8.07. The number of carbonyl (C=O) groups is 1. The molecular weight excluding hydrogens is 306 g/mol. The van der Waals surface area contributed by atoms with Crippen LogP contribution in [0.15, 0.2) is 41.6 Å². The Morgan fingerprint density at radius 2 is 2.00 bits per heavy atom. The van der Waals surface area contributed by atoms with Crippen molar-refractivity contribution in [2.75, 3.05) is 6.54 Å². The number of imidazole rings is 1. The van der Waals surface area contributed by atoms with E-state index in [2.05, 4.69) is 9.71 Å². The molecule has 1 aromatic carbocycles. The summed E-state index contributed by atoms with van der Waals surface area (Å²) in [5, 5.41) is 9.30. The third-order valence-electron chi connectivity index (χ3n) is 3.43. The van der Waals surface area contributed by atoms with E-state index < -0.39 is 21.9 Å². The van der Waals surface area contributed by atoms with Crippen LogP contribution in [0, 0.1) is 6.92 Å². The van der Waals surface area contributed by atoms with Crippen molar-refractivity contribution in [1.29, 1.82) is 0 Å². The number of rotatable bonds is 6. The van der Waals surface area contributed by atoms with Crippen molar-refractivity contribution in [2.45, 2.75) is 17.9 Å². The molecule has 0 aliphatic carbocycles. The van der Waals surface area contributed by atoms with Crippen molar-refractivity contribution in [3.8, 4) is 0 Å². The largest absolute Gasteiger partial charge is 0.481 e. The van der Waals surface area contributed by atoms with E-state index in [0.29, 0.717) is 11.4 Å². The summed E-state index contributed by atoms with van der Waals surface area (Å²) in [6.45, 7) is 1.45. The average Bonchev–Trinajstić information content (AvgIpc) is 2.80. The number of carboxylic acid groups (broad SMARTS) is 1. The zero-order chi connectivity index (χ0) is 16.3. The summed E-state index contributed by atoms with van der Waals surface area (Å²) in [6.07, 6.45) is 1.25. The molecule has 0 amide bonds. The summed E-state index contributed by atoms with van der Waals surface area (Å²) in [4.78, 5) is 15.3. The summed E-state index contributed by atoms with van der Waals surface area (Å²) >= 11 is 0. The molecule has 2 N–H and O–H groups in total. The fraction of sp³-hybridized carbons (Fsp3) is 0.286. The molecule has 0 radical (unpaired) electrons. The highest BCUT2D eigenvalue weighted by Crippen LogP contribution is 2.16. The molecule has 7 nitrogen and oxygen atoms in total. The maximum Gasteiger partial charge on any atom is 0.312 e. The maximum absolute atomic E-state index is 12.3. The Balaban J connectivity index is 2.19. The normalized spacial score (nSPS) is 13.0. The molecule has 22 heavy (non-hydrogen) atoms. The van der Waals surface area contributed by atoms with Gasteiger partial charge in [0.2, 0.25) is 0 Å². The lowest BCUT2D eigenvalue weighted by Gasteiger charge is -2.14. The third-order valence-corrected chi connectivity index (χ3v) is 4.91. The fourth-order valence-electron chi connectivity index (χ4n) is 2.03. The summed E-state index contributed by atoms with van der Waals surface area (Å²) in [6, 6.07) is 8.50. The minimum atomic E-state index is -3.82. The molecule has 2 rings (SSSR count). The molecule has 0 aliphatic heterocycles. The molecule has 1 unspecified atom stereocenters. The first kappa shape index (κ1) is 16.2. The summed E-state index contributed by atoms with van der Waals surface area (Å²) < 4.78 is 28.3. The number of hydrogen-bond donors (Lipinski definition) is 2. The first-order valence-electron chi connectivity index (χ1n) is 6.58. The molecule has 0 saturated heterocycles. The van der Waals surface area contributed by atoms with E-state index >= 15 is 0 Å². The van der Waals surface area contributed by atoms with E-state index in [0.717, 1.165) is 0 Å². The van der Waals surface area contributed by atoms with E-state index in [-0.39, 0.29) is 11.6 Å². The van der Waals surface area contributed by atoms with Crippen LogP contribution in [0.1, 0.15) is 17.3 Å². The molecule has 0 fully saturated rings. The Labute approximate surface area is 128 Å². The van der Waals surface area contributed by atoms with Crippen molar-refractivity contribution in [1.82, 2.24) is 14.3 Å². The molecule has 118 valence electrons. The lowest BCUT2D eigenvalue weighted by molar-refractivity contribution is -0.138. The second-order valence-electron chi connectivity index (χ2n) is 4.86. The number of nitrogens with one attached hydrogen (secondary N) is 1. The van der Waals surface area contributed by atoms with Crippen LogP contribution in [0.25, 0.3) is 0 Å². The van der Waals surface area contributed by atoms with Gasteiger partial charge in [-0.2, -0.15) is 0 Å². The van der Waals surface area contributed by atoms with Crippen LogP contribution in [0.4, 0.5) is 0 Å². The Bertz CT molecular complexity index is 769. The van der Waals surface area contributed by atoms with Gasteiger partial charge in [-0.05, 0) is 12.5 Å². The van der Waals surface area contributed by atoms with Crippen LogP contribution in [-0.4, -0.2) is 35.6 Å². The number of aliphatic carboxylic acids is 1. The van der Waals surface area contributed by atoms with E-state index in [9.17, 15) is 18.3 Å². The topological polar surface area (TPSA) is 101 Å². The van der Waals surface area contributed by atoms with Crippen molar-refractivity contribution < 1.29 is 18.3 Å². The number of carboxylic acids is 1. The van der Waals surface area contributed by atoms with E-state index in [4.69, 9.17) is 0 Å². The predicted molar refractivity (Wildman–Crippen MR) is 80.0 cm³/mol. The average molecular weight is 323 g/mol. The Morgan fingerprint density at radius 3 is 2.50 bits per heavy atom. The lowest BCUT2D eigenvalue weighted by atomic mass is 10.00. The number of benzene rings is 1. The van der Waals surface area contributed by atoms with Crippen LogP contribution in [0.2, 0.25) is 0 Å². The monoisotopic (exact) mass is 323 g/mol. The van der Waals surface area contributed by atoms with Gasteiger partial charge in [0.25, 0.3) is 10.0 Å². The van der Waals surface area contributed by atoms with Crippen molar-refractivity contribution >= 4 is 16.0 Å². The second kappa shape index (κ2) is 6.29. The smallest absolute Gasteiger partial charge is 0.312 e. The fourth-order valence-corrected chi connectivity index (χ4v) is 3.25.